The zero-order valence-corrected chi connectivity index (χ0v) is 10.8. The maximum absolute atomic E-state index is 6.11. The summed E-state index contributed by atoms with van der Waals surface area (Å²) in [7, 11) is 0. The zero-order valence-electron chi connectivity index (χ0n) is 10.0. The maximum atomic E-state index is 6.11. The van der Waals surface area contributed by atoms with Crippen LogP contribution in [-0.4, -0.2) is 9.97 Å². The minimum atomic E-state index is 0.878. The lowest BCUT2D eigenvalue weighted by molar-refractivity contribution is 0.724. The summed E-state index contributed by atoms with van der Waals surface area (Å²) in [5.74, 6) is 0.992. The van der Waals surface area contributed by atoms with Crippen molar-refractivity contribution < 1.29 is 0 Å². The molecular formula is C14H17ClN2. The zero-order chi connectivity index (χ0) is 12.1. The molecule has 2 aromatic rings. The average molecular weight is 249 g/mol. The second-order valence-electron chi connectivity index (χ2n) is 4.28. The second kappa shape index (κ2) is 5.87. The first-order valence-corrected chi connectivity index (χ1v) is 6.38. The third-order valence-electron chi connectivity index (χ3n) is 2.85. The summed E-state index contributed by atoms with van der Waals surface area (Å²) in [6, 6.07) is 8.06. The van der Waals surface area contributed by atoms with E-state index >= 15 is 0 Å². The third-order valence-corrected chi connectivity index (χ3v) is 3.21. The first-order chi connectivity index (χ1) is 8.25. The van der Waals surface area contributed by atoms with Crippen LogP contribution >= 0.6 is 11.6 Å². The molecule has 0 fully saturated rings. The van der Waals surface area contributed by atoms with Crippen LogP contribution in [0.15, 0.2) is 30.5 Å². The van der Waals surface area contributed by atoms with Crippen molar-refractivity contribution in [1.82, 2.24) is 9.97 Å². The summed E-state index contributed by atoms with van der Waals surface area (Å²) >= 11 is 6.11. The molecule has 0 atom stereocenters. The molecule has 2 rings (SSSR count). The Kier molecular flexibility index (Phi) is 4.21. The normalized spacial score (nSPS) is 10.7. The summed E-state index contributed by atoms with van der Waals surface area (Å²) in [5, 5.41) is 0.878. The summed E-state index contributed by atoms with van der Waals surface area (Å²) in [6.45, 7) is 1.98. The predicted molar refractivity (Wildman–Crippen MR) is 71.4 cm³/mol. The lowest BCUT2D eigenvalue weighted by Crippen LogP contribution is -1.90. The number of unbranched alkanes of at least 4 members (excludes halogenated alkanes) is 1. The van der Waals surface area contributed by atoms with E-state index in [1.54, 1.807) is 0 Å². The Hall–Kier alpha value is -1.28. The number of benzene rings is 1. The Labute approximate surface area is 107 Å². The molecule has 3 heteroatoms. The highest BCUT2D eigenvalue weighted by atomic mass is 35.5. The van der Waals surface area contributed by atoms with Gasteiger partial charge in [0.25, 0.3) is 0 Å². The van der Waals surface area contributed by atoms with Crippen molar-refractivity contribution >= 4 is 11.6 Å². The summed E-state index contributed by atoms with van der Waals surface area (Å²) in [4.78, 5) is 7.50. The van der Waals surface area contributed by atoms with Gasteiger partial charge < -0.3 is 4.98 Å². The Morgan fingerprint density at radius 1 is 1.18 bits per heavy atom. The number of aromatic nitrogens is 2. The number of hydrogen-bond acceptors (Lipinski definition) is 1. The number of aryl methyl sites for hydroxylation is 3. The summed E-state index contributed by atoms with van der Waals surface area (Å²) in [5.41, 5.74) is 2.40. The molecule has 1 aromatic carbocycles. The van der Waals surface area contributed by atoms with E-state index in [2.05, 4.69) is 16.0 Å². The molecule has 0 aliphatic carbocycles. The number of rotatable bonds is 5. The van der Waals surface area contributed by atoms with Crippen LogP contribution in [0.1, 0.15) is 29.9 Å². The predicted octanol–water partition coefficient (Wildman–Crippen LogP) is 3.94. The van der Waals surface area contributed by atoms with Crippen LogP contribution in [0, 0.1) is 6.92 Å². The van der Waals surface area contributed by atoms with Crippen LogP contribution < -0.4 is 0 Å². The molecule has 0 saturated carbocycles. The molecule has 2 nitrogen and oxygen atoms in total. The van der Waals surface area contributed by atoms with Crippen LogP contribution in [0.4, 0.5) is 0 Å². The van der Waals surface area contributed by atoms with Crippen molar-refractivity contribution in [3.8, 4) is 0 Å². The molecule has 0 unspecified atom stereocenters. The van der Waals surface area contributed by atoms with Gasteiger partial charge in [0.15, 0.2) is 0 Å². The van der Waals surface area contributed by atoms with E-state index in [0.29, 0.717) is 0 Å². The van der Waals surface area contributed by atoms with E-state index in [0.717, 1.165) is 42.2 Å². The monoisotopic (exact) mass is 248 g/mol. The van der Waals surface area contributed by atoms with Crippen molar-refractivity contribution in [3.05, 3.63) is 52.6 Å². The van der Waals surface area contributed by atoms with Gasteiger partial charge >= 0.3 is 0 Å². The number of hydrogen-bond donors (Lipinski definition) is 1. The van der Waals surface area contributed by atoms with Crippen molar-refractivity contribution in [3.63, 3.8) is 0 Å². The second-order valence-corrected chi connectivity index (χ2v) is 4.68. The van der Waals surface area contributed by atoms with Crippen molar-refractivity contribution in [2.24, 2.45) is 0 Å². The fourth-order valence-electron chi connectivity index (χ4n) is 1.92. The van der Waals surface area contributed by atoms with Crippen LogP contribution in [0.2, 0.25) is 5.02 Å². The molecule has 1 N–H and O–H groups in total. The minimum absolute atomic E-state index is 0.878. The number of aromatic amines is 1. The standard InChI is InChI=1S/C14H17ClN2/c1-11-16-10-13(17-11)8-4-2-6-12-7-3-5-9-14(12)15/h3,5,7,9-10H,2,4,6,8H2,1H3,(H,16,17). The van der Waals surface area contributed by atoms with Gasteiger partial charge in [0, 0.05) is 11.2 Å². The summed E-state index contributed by atoms with van der Waals surface area (Å²) in [6.07, 6.45) is 6.37. The van der Waals surface area contributed by atoms with Gasteiger partial charge in [0.1, 0.15) is 5.82 Å². The van der Waals surface area contributed by atoms with E-state index in [-0.39, 0.29) is 0 Å². The number of nitrogens with zero attached hydrogens (tertiary/aromatic N) is 1. The van der Waals surface area contributed by atoms with Gasteiger partial charge in [-0.05, 0) is 44.2 Å². The van der Waals surface area contributed by atoms with Crippen LogP contribution in [0.3, 0.4) is 0 Å². The first kappa shape index (κ1) is 12.2. The highest BCUT2D eigenvalue weighted by Gasteiger charge is 2.00. The highest BCUT2D eigenvalue weighted by molar-refractivity contribution is 6.31. The number of nitrogens with one attached hydrogen (secondary N) is 1. The minimum Gasteiger partial charge on any atom is -0.349 e. The third kappa shape index (κ3) is 3.60. The molecule has 0 aliphatic rings. The van der Waals surface area contributed by atoms with Gasteiger partial charge in [-0.1, -0.05) is 29.8 Å². The molecule has 0 amide bonds. The molecule has 17 heavy (non-hydrogen) atoms. The van der Waals surface area contributed by atoms with E-state index < -0.39 is 0 Å². The first-order valence-electron chi connectivity index (χ1n) is 6.00. The molecule has 1 aromatic heterocycles. The molecule has 0 aliphatic heterocycles. The van der Waals surface area contributed by atoms with Gasteiger partial charge in [0.2, 0.25) is 0 Å². The van der Waals surface area contributed by atoms with Crippen LogP contribution in [0.5, 0.6) is 0 Å². The molecule has 0 spiro atoms. The Bertz CT molecular complexity index is 477. The quantitative estimate of drug-likeness (QED) is 0.798. The van der Waals surface area contributed by atoms with E-state index in [1.807, 2.05) is 31.3 Å². The molecule has 0 bridgehead atoms. The topological polar surface area (TPSA) is 28.7 Å². The molecule has 0 saturated heterocycles. The van der Waals surface area contributed by atoms with Gasteiger partial charge in [0.05, 0.1) is 5.69 Å². The Morgan fingerprint density at radius 3 is 2.65 bits per heavy atom. The fourth-order valence-corrected chi connectivity index (χ4v) is 2.15. The van der Waals surface area contributed by atoms with E-state index in [1.165, 1.54) is 5.56 Å². The van der Waals surface area contributed by atoms with Gasteiger partial charge in [-0.2, -0.15) is 0 Å². The number of halogens is 1. The molecule has 0 radical (unpaired) electrons. The Morgan fingerprint density at radius 2 is 1.94 bits per heavy atom. The van der Waals surface area contributed by atoms with E-state index in [9.17, 15) is 0 Å². The van der Waals surface area contributed by atoms with Crippen LogP contribution in [-0.2, 0) is 12.8 Å². The van der Waals surface area contributed by atoms with Gasteiger partial charge in [-0.25, -0.2) is 4.98 Å². The van der Waals surface area contributed by atoms with Gasteiger partial charge in [-0.3, -0.25) is 0 Å². The fraction of sp³-hybridized carbons (Fsp3) is 0.357. The number of H-pyrrole nitrogens is 1. The highest BCUT2D eigenvalue weighted by Crippen LogP contribution is 2.17. The van der Waals surface area contributed by atoms with Crippen molar-refractivity contribution in [1.29, 1.82) is 0 Å². The van der Waals surface area contributed by atoms with Crippen molar-refractivity contribution in [2.75, 3.05) is 0 Å². The number of imidazole rings is 1. The lowest BCUT2D eigenvalue weighted by atomic mass is 10.1. The van der Waals surface area contributed by atoms with Crippen molar-refractivity contribution in [2.45, 2.75) is 32.6 Å². The molecular weight excluding hydrogens is 232 g/mol. The molecule has 1 heterocycles. The average Bonchev–Trinajstić information content (AvgIpc) is 2.73. The Balaban J connectivity index is 1.75. The molecule has 90 valence electrons. The smallest absolute Gasteiger partial charge is 0.103 e. The largest absolute Gasteiger partial charge is 0.349 e. The van der Waals surface area contributed by atoms with Gasteiger partial charge in [-0.15, -0.1) is 0 Å². The lowest BCUT2D eigenvalue weighted by Gasteiger charge is -2.03. The van der Waals surface area contributed by atoms with E-state index in [4.69, 9.17) is 11.6 Å². The summed E-state index contributed by atoms with van der Waals surface area (Å²) < 4.78 is 0. The van der Waals surface area contributed by atoms with Crippen LogP contribution in [0.25, 0.3) is 0 Å². The SMILES string of the molecule is Cc1nc(CCCCc2ccccc2Cl)c[nH]1. The maximum Gasteiger partial charge on any atom is 0.103 e.